The molecule has 162 valence electrons. The molecule has 9 nitrogen and oxygen atoms in total. The summed E-state index contributed by atoms with van der Waals surface area (Å²) in [4.78, 5) is 20.1. The van der Waals surface area contributed by atoms with Crippen LogP contribution in [0.25, 0.3) is 0 Å². The predicted molar refractivity (Wildman–Crippen MR) is 114 cm³/mol. The third kappa shape index (κ3) is 5.24. The van der Waals surface area contributed by atoms with Crippen LogP contribution in [0.1, 0.15) is 21.9 Å². The third-order valence-electron chi connectivity index (χ3n) is 5.09. The number of rotatable bonds is 7. The van der Waals surface area contributed by atoms with Crippen LogP contribution in [0, 0.1) is 0 Å². The Kier molecular flexibility index (Phi) is 7.18. The molecule has 1 aromatic carbocycles. The summed E-state index contributed by atoms with van der Waals surface area (Å²) in [5.74, 6) is 2.70. The van der Waals surface area contributed by atoms with Gasteiger partial charge >= 0.3 is 0 Å². The first-order valence-corrected chi connectivity index (χ1v) is 9.81. The van der Waals surface area contributed by atoms with E-state index in [1.165, 1.54) is 0 Å². The average molecular weight is 415 g/mol. The number of guanidine groups is 1. The van der Waals surface area contributed by atoms with Crippen LogP contribution >= 0.6 is 0 Å². The van der Waals surface area contributed by atoms with Gasteiger partial charge in [0, 0.05) is 45.3 Å². The number of nitrogens with two attached hydrogens (primary N) is 1. The number of hydrogen-bond acceptors (Lipinski definition) is 6. The van der Waals surface area contributed by atoms with Crippen molar-refractivity contribution in [3.05, 3.63) is 47.4 Å². The zero-order valence-electron chi connectivity index (χ0n) is 17.7. The first kappa shape index (κ1) is 21.5. The van der Waals surface area contributed by atoms with Crippen LogP contribution in [0.15, 0.2) is 39.7 Å². The van der Waals surface area contributed by atoms with Crippen molar-refractivity contribution in [3.8, 4) is 11.5 Å². The average Bonchev–Trinajstić information content (AvgIpc) is 3.24. The van der Waals surface area contributed by atoms with Gasteiger partial charge in [0.05, 0.1) is 20.8 Å². The molecule has 1 amide bonds. The number of primary amides is 1. The molecule has 1 aliphatic rings. The summed E-state index contributed by atoms with van der Waals surface area (Å²) >= 11 is 0. The smallest absolute Gasteiger partial charge is 0.284 e. The molecule has 1 aromatic heterocycles. The number of benzene rings is 1. The number of ether oxygens (including phenoxy) is 2. The summed E-state index contributed by atoms with van der Waals surface area (Å²) in [6.45, 7) is 4.71. The molecule has 2 aromatic rings. The SMILES string of the molecule is CN=C(NCc1ccc(C(N)=O)o1)N1CCN(Cc2cc(OC)ccc2OC)CC1. The van der Waals surface area contributed by atoms with E-state index < -0.39 is 5.91 Å². The quantitative estimate of drug-likeness (QED) is 0.518. The highest BCUT2D eigenvalue weighted by molar-refractivity contribution is 5.89. The highest BCUT2D eigenvalue weighted by atomic mass is 16.5. The van der Waals surface area contributed by atoms with E-state index in [1.54, 1.807) is 33.4 Å². The number of amides is 1. The Hall–Kier alpha value is -3.20. The van der Waals surface area contributed by atoms with E-state index in [2.05, 4.69) is 20.1 Å². The molecular formula is C21H29N5O4. The predicted octanol–water partition coefficient (Wildman–Crippen LogP) is 1.29. The van der Waals surface area contributed by atoms with Crippen LogP contribution in [0.5, 0.6) is 11.5 Å². The monoisotopic (exact) mass is 415 g/mol. The molecule has 3 rings (SSSR count). The molecule has 2 heterocycles. The second-order valence-corrected chi connectivity index (χ2v) is 6.97. The van der Waals surface area contributed by atoms with E-state index in [-0.39, 0.29) is 5.76 Å². The van der Waals surface area contributed by atoms with Crippen LogP contribution < -0.4 is 20.5 Å². The Labute approximate surface area is 176 Å². The van der Waals surface area contributed by atoms with Gasteiger partial charge in [0.2, 0.25) is 0 Å². The van der Waals surface area contributed by atoms with Crippen LogP contribution in [0.4, 0.5) is 0 Å². The zero-order chi connectivity index (χ0) is 21.5. The summed E-state index contributed by atoms with van der Waals surface area (Å²) in [5.41, 5.74) is 6.33. The summed E-state index contributed by atoms with van der Waals surface area (Å²) < 4.78 is 16.2. The van der Waals surface area contributed by atoms with Gasteiger partial charge in [0.25, 0.3) is 5.91 Å². The second kappa shape index (κ2) is 10.0. The number of hydrogen-bond donors (Lipinski definition) is 2. The molecule has 0 aliphatic carbocycles. The fraction of sp³-hybridized carbons (Fsp3) is 0.429. The Bertz CT molecular complexity index is 887. The number of methoxy groups -OCH3 is 2. The molecule has 1 aliphatic heterocycles. The van der Waals surface area contributed by atoms with Crippen molar-refractivity contribution < 1.29 is 18.7 Å². The minimum Gasteiger partial charge on any atom is -0.497 e. The van der Waals surface area contributed by atoms with Gasteiger partial charge in [-0.05, 0) is 30.3 Å². The van der Waals surface area contributed by atoms with Crippen molar-refractivity contribution >= 4 is 11.9 Å². The molecular weight excluding hydrogens is 386 g/mol. The van der Waals surface area contributed by atoms with Crippen molar-refractivity contribution in [2.45, 2.75) is 13.1 Å². The largest absolute Gasteiger partial charge is 0.497 e. The third-order valence-corrected chi connectivity index (χ3v) is 5.09. The van der Waals surface area contributed by atoms with E-state index in [1.807, 2.05) is 18.2 Å². The van der Waals surface area contributed by atoms with Crippen LogP contribution in [0.3, 0.4) is 0 Å². The molecule has 1 saturated heterocycles. The maximum atomic E-state index is 11.2. The van der Waals surface area contributed by atoms with Gasteiger partial charge in [-0.25, -0.2) is 0 Å². The topological polar surface area (TPSA) is 106 Å². The van der Waals surface area contributed by atoms with Crippen molar-refractivity contribution in [3.63, 3.8) is 0 Å². The van der Waals surface area contributed by atoms with Gasteiger partial charge in [-0.3, -0.25) is 14.7 Å². The van der Waals surface area contributed by atoms with Gasteiger partial charge in [0.15, 0.2) is 11.7 Å². The van der Waals surface area contributed by atoms with E-state index in [4.69, 9.17) is 19.6 Å². The summed E-state index contributed by atoms with van der Waals surface area (Å²) in [6.07, 6.45) is 0. The van der Waals surface area contributed by atoms with Gasteiger partial charge in [-0.1, -0.05) is 0 Å². The fourth-order valence-corrected chi connectivity index (χ4v) is 3.47. The summed E-state index contributed by atoms with van der Waals surface area (Å²) in [5, 5.41) is 3.28. The molecule has 0 atom stereocenters. The number of nitrogens with zero attached hydrogens (tertiary/aromatic N) is 3. The zero-order valence-corrected chi connectivity index (χ0v) is 17.7. The lowest BCUT2D eigenvalue weighted by Gasteiger charge is -2.36. The van der Waals surface area contributed by atoms with E-state index in [0.29, 0.717) is 12.3 Å². The number of piperazine rings is 1. The Morgan fingerprint density at radius 3 is 2.53 bits per heavy atom. The maximum Gasteiger partial charge on any atom is 0.284 e. The van der Waals surface area contributed by atoms with E-state index >= 15 is 0 Å². The molecule has 0 saturated carbocycles. The normalized spacial score (nSPS) is 15.2. The van der Waals surface area contributed by atoms with Gasteiger partial charge in [0.1, 0.15) is 17.3 Å². The highest BCUT2D eigenvalue weighted by Crippen LogP contribution is 2.25. The van der Waals surface area contributed by atoms with Crippen LogP contribution in [-0.2, 0) is 13.1 Å². The minimum atomic E-state index is -0.575. The van der Waals surface area contributed by atoms with Gasteiger partial charge in [-0.15, -0.1) is 0 Å². The second-order valence-electron chi connectivity index (χ2n) is 6.97. The van der Waals surface area contributed by atoms with Crippen molar-refractivity contribution in [1.82, 2.24) is 15.1 Å². The Morgan fingerprint density at radius 1 is 1.17 bits per heavy atom. The molecule has 1 fully saturated rings. The molecule has 0 spiro atoms. The molecule has 3 N–H and O–H groups in total. The van der Waals surface area contributed by atoms with E-state index in [9.17, 15) is 4.79 Å². The van der Waals surface area contributed by atoms with E-state index in [0.717, 1.165) is 55.7 Å². The first-order chi connectivity index (χ1) is 14.5. The lowest BCUT2D eigenvalue weighted by atomic mass is 10.1. The first-order valence-electron chi connectivity index (χ1n) is 9.81. The Morgan fingerprint density at radius 2 is 1.93 bits per heavy atom. The summed E-state index contributed by atoms with van der Waals surface area (Å²) in [7, 11) is 5.11. The lowest BCUT2D eigenvalue weighted by molar-refractivity contribution is 0.0972. The number of carbonyl (C=O) groups is 1. The number of nitrogens with one attached hydrogen (secondary N) is 1. The van der Waals surface area contributed by atoms with Crippen LogP contribution in [-0.4, -0.2) is 69.1 Å². The van der Waals surface area contributed by atoms with Crippen molar-refractivity contribution in [2.75, 3.05) is 47.4 Å². The maximum absolute atomic E-state index is 11.2. The standard InChI is InChI=1S/C21H29N5O4/c1-23-21(24-13-17-5-7-19(30-17)20(22)27)26-10-8-25(9-11-26)14-15-12-16(28-2)4-6-18(15)29-3/h4-7,12H,8-11,13-14H2,1-3H3,(H2,22,27)(H,23,24). The van der Waals surface area contributed by atoms with Crippen molar-refractivity contribution in [1.29, 1.82) is 0 Å². The van der Waals surface area contributed by atoms with Crippen LogP contribution in [0.2, 0.25) is 0 Å². The highest BCUT2D eigenvalue weighted by Gasteiger charge is 2.21. The molecule has 9 heteroatoms. The number of furan rings is 1. The van der Waals surface area contributed by atoms with Crippen molar-refractivity contribution in [2.24, 2.45) is 10.7 Å². The molecule has 30 heavy (non-hydrogen) atoms. The van der Waals surface area contributed by atoms with Gasteiger partial charge < -0.3 is 29.8 Å². The minimum absolute atomic E-state index is 0.156. The molecule has 0 radical (unpaired) electrons. The fourth-order valence-electron chi connectivity index (χ4n) is 3.47. The molecule has 0 unspecified atom stereocenters. The number of carbonyl (C=O) groups excluding carboxylic acids is 1. The van der Waals surface area contributed by atoms with Gasteiger partial charge in [-0.2, -0.15) is 0 Å². The summed E-state index contributed by atoms with van der Waals surface area (Å²) in [6, 6.07) is 9.18. The number of aliphatic imine (C=N–C) groups is 1. The lowest BCUT2D eigenvalue weighted by Crippen LogP contribution is -2.52. The Balaban J connectivity index is 1.53. The molecule has 0 bridgehead atoms.